The van der Waals surface area contributed by atoms with Crippen LogP contribution >= 0.6 is 0 Å². The molecule has 0 amide bonds. The Morgan fingerprint density at radius 3 is 2.52 bits per heavy atom. The van der Waals surface area contributed by atoms with Crippen molar-refractivity contribution >= 4 is 11.8 Å². The van der Waals surface area contributed by atoms with Gasteiger partial charge in [0.25, 0.3) is 0 Å². The van der Waals surface area contributed by atoms with E-state index in [2.05, 4.69) is 67.3 Å². The van der Waals surface area contributed by atoms with E-state index in [1.165, 1.54) is 16.8 Å². The minimum Gasteiger partial charge on any atom is -0.498 e. The number of methoxy groups -OCH3 is 2. The largest absolute Gasteiger partial charge is 0.498 e. The van der Waals surface area contributed by atoms with Crippen molar-refractivity contribution in [2.45, 2.75) is 39.3 Å². The Kier molecular flexibility index (Phi) is 5.45. The van der Waals surface area contributed by atoms with Crippen LogP contribution in [0.3, 0.4) is 0 Å². The zero-order chi connectivity index (χ0) is 23.2. The van der Waals surface area contributed by atoms with Crippen LogP contribution in [0.2, 0.25) is 0 Å². The number of hydrogen-bond acceptors (Lipinski definition) is 5. The van der Waals surface area contributed by atoms with E-state index in [-0.39, 0.29) is 0 Å². The molecule has 5 nitrogen and oxygen atoms in total. The lowest BCUT2D eigenvalue weighted by Crippen LogP contribution is -2.33. The predicted molar refractivity (Wildman–Crippen MR) is 131 cm³/mol. The Morgan fingerprint density at radius 1 is 1.00 bits per heavy atom. The van der Waals surface area contributed by atoms with Crippen LogP contribution < -0.4 is 14.4 Å². The number of nitrogens with zero attached hydrogens (tertiary/aromatic N) is 1. The molecule has 2 heterocycles. The minimum atomic E-state index is -0.432. The van der Waals surface area contributed by atoms with Crippen molar-refractivity contribution in [3.05, 3.63) is 81.6 Å². The first-order chi connectivity index (χ1) is 15.9. The molecule has 5 rings (SSSR count). The van der Waals surface area contributed by atoms with Gasteiger partial charge in [-0.2, -0.15) is 0 Å². The molecule has 1 unspecified atom stereocenters. The van der Waals surface area contributed by atoms with Gasteiger partial charge in [-0.3, -0.25) is 0 Å². The SMILES string of the molecule is COC1=CC(C2=Cc3cc4c(c(C)c3OC2)OCN(c2ccc(C)cc2)C4)=CCC1(C)OC. The molecule has 33 heavy (non-hydrogen) atoms. The number of allylic oxidation sites excluding steroid dienone is 1. The van der Waals surface area contributed by atoms with E-state index in [9.17, 15) is 0 Å². The number of benzene rings is 2. The lowest BCUT2D eigenvalue weighted by Gasteiger charge is -2.34. The third-order valence-corrected chi connectivity index (χ3v) is 6.95. The van der Waals surface area contributed by atoms with Crippen LogP contribution in [0.1, 0.15) is 35.6 Å². The van der Waals surface area contributed by atoms with E-state index in [0.29, 0.717) is 13.3 Å². The summed E-state index contributed by atoms with van der Waals surface area (Å²) in [5.41, 5.74) is 7.59. The highest BCUT2D eigenvalue weighted by Gasteiger charge is 2.33. The van der Waals surface area contributed by atoms with E-state index in [0.717, 1.165) is 52.5 Å². The van der Waals surface area contributed by atoms with Crippen molar-refractivity contribution in [2.75, 3.05) is 32.5 Å². The maximum absolute atomic E-state index is 6.25. The number of rotatable bonds is 4. The number of aryl methyl sites for hydroxylation is 1. The Hall–Kier alpha value is -3.18. The van der Waals surface area contributed by atoms with E-state index in [1.807, 2.05) is 6.92 Å². The van der Waals surface area contributed by atoms with Gasteiger partial charge >= 0.3 is 0 Å². The average molecular weight is 446 g/mol. The van der Waals surface area contributed by atoms with Crippen molar-refractivity contribution in [2.24, 2.45) is 0 Å². The Balaban J connectivity index is 1.47. The normalized spacial score (nSPS) is 21.6. The van der Waals surface area contributed by atoms with Crippen LogP contribution in [0, 0.1) is 13.8 Å². The summed E-state index contributed by atoms with van der Waals surface area (Å²) in [4.78, 5) is 2.25. The molecule has 1 atom stereocenters. The summed E-state index contributed by atoms with van der Waals surface area (Å²) in [6, 6.07) is 10.8. The highest BCUT2D eigenvalue weighted by molar-refractivity contribution is 5.73. The first-order valence-corrected chi connectivity index (χ1v) is 11.4. The highest BCUT2D eigenvalue weighted by atomic mass is 16.5. The second-order valence-electron chi connectivity index (χ2n) is 9.18. The van der Waals surface area contributed by atoms with Crippen molar-refractivity contribution in [3.63, 3.8) is 0 Å². The standard InChI is InChI=1S/C28H31NO4/c1-18-6-8-24(9-7-18)29-15-22-12-21-13-23(16-32-26(21)19(2)27(22)33-17-29)20-10-11-28(3,31-5)25(14-20)30-4/h6-10,12-14H,11,15-17H2,1-5H3. The summed E-state index contributed by atoms with van der Waals surface area (Å²) in [6.07, 6.45) is 7.27. The molecule has 2 aromatic rings. The van der Waals surface area contributed by atoms with E-state index >= 15 is 0 Å². The van der Waals surface area contributed by atoms with Crippen LogP contribution in [0.4, 0.5) is 5.69 Å². The number of hydrogen-bond donors (Lipinski definition) is 0. The first kappa shape index (κ1) is 21.7. The van der Waals surface area contributed by atoms with Gasteiger partial charge < -0.3 is 23.8 Å². The molecule has 2 aromatic carbocycles. The summed E-state index contributed by atoms with van der Waals surface area (Å²) >= 11 is 0. The average Bonchev–Trinajstić information content (AvgIpc) is 2.84. The highest BCUT2D eigenvalue weighted by Crippen LogP contribution is 2.43. The van der Waals surface area contributed by atoms with Gasteiger partial charge in [-0.1, -0.05) is 23.8 Å². The molecule has 0 aromatic heterocycles. The molecular weight excluding hydrogens is 414 g/mol. The van der Waals surface area contributed by atoms with E-state index in [4.69, 9.17) is 18.9 Å². The van der Waals surface area contributed by atoms with Gasteiger partial charge in [0, 0.05) is 42.5 Å². The van der Waals surface area contributed by atoms with Gasteiger partial charge in [-0.25, -0.2) is 0 Å². The second kappa shape index (κ2) is 8.31. The Labute approximate surface area is 195 Å². The van der Waals surface area contributed by atoms with Gasteiger partial charge in [0.2, 0.25) is 0 Å². The smallest absolute Gasteiger partial charge is 0.161 e. The lowest BCUT2D eigenvalue weighted by atomic mass is 9.87. The number of anilines is 1. The van der Waals surface area contributed by atoms with Crippen LogP contribution in [-0.4, -0.2) is 33.2 Å². The molecule has 0 radical (unpaired) electrons. The molecule has 0 bridgehead atoms. The van der Waals surface area contributed by atoms with E-state index < -0.39 is 5.60 Å². The van der Waals surface area contributed by atoms with Crippen LogP contribution in [-0.2, 0) is 16.0 Å². The fraction of sp³-hybridized carbons (Fsp3) is 0.357. The second-order valence-corrected chi connectivity index (χ2v) is 9.18. The maximum atomic E-state index is 6.25. The van der Waals surface area contributed by atoms with Crippen molar-refractivity contribution < 1.29 is 18.9 Å². The lowest BCUT2D eigenvalue weighted by molar-refractivity contribution is -0.00413. The van der Waals surface area contributed by atoms with Crippen LogP contribution in [0.25, 0.3) is 6.08 Å². The van der Waals surface area contributed by atoms with Crippen LogP contribution in [0.5, 0.6) is 11.5 Å². The zero-order valence-electron chi connectivity index (χ0n) is 20.0. The maximum Gasteiger partial charge on any atom is 0.161 e. The molecule has 172 valence electrons. The molecule has 3 aliphatic rings. The fourth-order valence-electron chi connectivity index (χ4n) is 4.80. The first-order valence-electron chi connectivity index (χ1n) is 11.4. The monoisotopic (exact) mass is 445 g/mol. The Bertz CT molecular complexity index is 1180. The molecule has 1 aliphatic carbocycles. The minimum absolute atomic E-state index is 0.432. The summed E-state index contributed by atoms with van der Waals surface area (Å²) < 4.78 is 23.8. The van der Waals surface area contributed by atoms with Gasteiger partial charge in [-0.15, -0.1) is 0 Å². The quantitative estimate of drug-likeness (QED) is 0.604. The molecule has 0 saturated carbocycles. The molecular formula is C28H31NO4. The molecule has 0 spiro atoms. The third-order valence-electron chi connectivity index (χ3n) is 6.95. The Morgan fingerprint density at radius 2 is 1.79 bits per heavy atom. The predicted octanol–water partition coefficient (Wildman–Crippen LogP) is 5.70. The third kappa shape index (κ3) is 3.80. The molecule has 0 saturated heterocycles. The summed E-state index contributed by atoms with van der Waals surface area (Å²) in [7, 11) is 3.42. The molecule has 0 fully saturated rings. The topological polar surface area (TPSA) is 40.2 Å². The van der Waals surface area contributed by atoms with Gasteiger partial charge in [0.15, 0.2) is 6.73 Å². The van der Waals surface area contributed by atoms with Gasteiger partial charge in [0.1, 0.15) is 29.5 Å². The zero-order valence-corrected chi connectivity index (χ0v) is 20.0. The number of fused-ring (bicyclic) bond motifs is 2. The summed E-state index contributed by atoms with van der Waals surface area (Å²) in [5, 5.41) is 0. The fourth-order valence-corrected chi connectivity index (χ4v) is 4.80. The van der Waals surface area contributed by atoms with Crippen LogP contribution in [0.15, 0.2) is 59.4 Å². The van der Waals surface area contributed by atoms with Gasteiger partial charge in [-0.05, 0) is 62.3 Å². The van der Waals surface area contributed by atoms with Crippen molar-refractivity contribution in [1.29, 1.82) is 0 Å². The summed E-state index contributed by atoms with van der Waals surface area (Å²) in [6.45, 7) is 8.10. The van der Waals surface area contributed by atoms with E-state index in [1.54, 1.807) is 14.2 Å². The van der Waals surface area contributed by atoms with Crippen molar-refractivity contribution in [3.8, 4) is 11.5 Å². The molecule has 2 aliphatic heterocycles. The molecule has 5 heteroatoms. The molecule has 0 N–H and O–H groups in total. The number of ether oxygens (including phenoxy) is 4. The summed E-state index contributed by atoms with van der Waals surface area (Å²) in [5.74, 6) is 2.69. The van der Waals surface area contributed by atoms with Crippen molar-refractivity contribution in [1.82, 2.24) is 0 Å². The van der Waals surface area contributed by atoms with Gasteiger partial charge in [0.05, 0.1) is 7.11 Å².